The molecule has 3 nitrogen and oxygen atoms in total. The molecule has 2 atom stereocenters. The molecule has 1 aliphatic heterocycles. The molecule has 2 aliphatic rings. The molecule has 1 aliphatic carbocycles. The third kappa shape index (κ3) is 2.22. The molecule has 1 amide bonds. The minimum absolute atomic E-state index is 0.225. The summed E-state index contributed by atoms with van der Waals surface area (Å²) in [5.74, 6) is 1.09. The molecular formula is C16H22N2O. The summed E-state index contributed by atoms with van der Waals surface area (Å²) in [5, 5.41) is 0. The number of benzene rings is 1. The molecule has 0 aromatic heterocycles. The van der Waals surface area contributed by atoms with Crippen molar-refractivity contribution in [3.8, 4) is 0 Å². The first-order valence-electron chi connectivity index (χ1n) is 7.36. The topological polar surface area (TPSA) is 46.3 Å². The Morgan fingerprint density at radius 2 is 2.16 bits per heavy atom. The van der Waals surface area contributed by atoms with E-state index < -0.39 is 0 Å². The standard InChI is InChI=1S/C16H22N2O/c1-11-4-2-6-14(11)16(19)18-9-3-5-12-10-13(17)7-8-15(12)18/h7-8,10-11,14H,2-6,9,17H2,1H3. The first-order valence-corrected chi connectivity index (χ1v) is 7.36. The van der Waals surface area contributed by atoms with E-state index in [0.29, 0.717) is 11.8 Å². The third-order valence-corrected chi connectivity index (χ3v) is 4.67. The summed E-state index contributed by atoms with van der Waals surface area (Å²) in [4.78, 5) is 14.8. The second kappa shape index (κ2) is 4.87. The molecule has 1 saturated carbocycles. The number of rotatable bonds is 1. The van der Waals surface area contributed by atoms with Crippen LogP contribution in [0.4, 0.5) is 11.4 Å². The van der Waals surface area contributed by atoms with Crippen LogP contribution >= 0.6 is 0 Å². The maximum absolute atomic E-state index is 12.8. The highest BCUT2D eigenvalue weighted by Gasteiger charge is 2.34. The monoisotopic (exact) mass is 258 g/mol. The van der Waals surface area contributed by atoms with Crippen molar-refractivity contribution in [2.75, 3.05) is 17.2 Å². The second-order valence-corrected chi connectivity index (χ2v) is 6.00. The molecule has 0 bridgehead atoms. The lowest BCUT2D eigenvalue weighted by molar-refractivity contribution is -0.123. The number of fused-ring (bicyclic) bond motifs is 1. The Hall–Kier alpha value is -1.51. The average Bonchev–Trinajstić information content (AvgIpc) is 2.83. The van der Waals surface area contributed by atoms with Gasteiger partial charge in [0, 0.05) is 23.8 Å². The van der Waals surface area contributed by atoms with Gasteiger partial charge in [-0.15, -0.1) is 0 Å². The van der Waals surface area contributed by atoms with Gasteiger partial charge < -0.3 is 10.6 Å². The highest BCUT2D eigenvalue weighted by atomic mass is 16.2. The van der Waals surface area contributed by atoms with Crippen molar-refractivity contribution in [2.24, 2.45) is 11.8 Å². The van der Waals surface area contributed by atoms with Crippen molar-refractivity contribution < 1.29 is 4.79 Å². The molecule has 1 heterocycles. The Bertz CT molecular complexity index is 498. The van der Waals surface area contributed by atoms with E-state index in [2.05, 4.69) is 6.92 Å². The van der Waals surface area contributed by atoms with E-state index in [0.717, 1.165) is 37.2 Å². The van der Waals surface area contributed by atoms with Gasteiger partial charge in [0.1, 0.15) is 0 Å². The van der Waals surface area contributed by atoms with Gasteiger partial charge in [-0.1, -0.05) is 13.3 Å². The Morgan fingerprint density at radius 3 is 2.89 bits per heavy atom. The van der Waals surface area contributed by atoms with Gasteiger partial charge in [0.05, 0.1) is 0 Å². The summed E-state index contributed by atoms with van der Waals surface area (Å²) < 4.78 is 0. The number of hydrogen-bond acceptors (Lipinski definition) is 2. The van der Waals surface area contributed by atoms with Crippen molar-refractivity contribution in [3.63, 3.8) is 0 Å². The zero-order chi connectivity index (χ0) is 13.4. The van der Waals surface area contributed by atoms with Crippen LogP contribution in [0.15, 0.2) is 18.2 Å². The average molecular weight is 258 g/mol. The minimum atomic E-state index is 0.225. The highest BCUT2D eigenvalue weighted by molar-refractivity contribution is 5.96. The summed E-state index contributed by atoms with van der Waals surface area (Å²) >= 11 is 0. The molecule has 2 N–H and O–H groups in total. The van der Waals surface area contributed by atoms with Crippen LogP contribution < -0.4 is 10.6 Å². The fraction of sp³-hybridized carbons (Fsp3) is 0.562. The Kier molecular flexibility index (Phi) is 3.21. The summed E-state index contributed by atoms with van der Waals surface area (Å²) in [7, 11) is 0. The number of nitrogens with two attached hydrogens (primary N) is 1. The van der Waals surface area contributed by atoms with Crippen molar-refractivity contribution in [3.05, 3.63) is 23.8 Å². The number of aryl methyl sites for hydroxylation is 1. The summed E-state index contributed by atoms with van der Waals surface area (Å²) in [5.41, 5.74) is 8.95. The van der Waals surface area contributed by atoms with Crippen LogP contribution in [0, 0.1) is 11.8 Å². The summed E-state index contributed by atoms with van der Waals surface area (Å²) in [6, 6.07) is 5.94. The molecule has 0 saturated heterocycles. The van der Waals surface area contributed by atoms with Crippen molar-refractivity contribution >= 4 is 17.3 Å². The fourth-order valence-electron chi connectivity index (χ4n) is 3.56. The van der Waals surface area contributed by atoms with Gasteiger partial charge in [-0.2, -0.15) is 0 Å². The third-order valence-electron chi connectivity index (χ3n) is 4.67. The largest absolute Gasteiger partial charge is 0.399 e. The fourth-order valence-corrected chi connectivity index (χ4v) is 3.56. The molecular weight excluding hydrogens is 236 g/mol. The van der Waals surface area contributed by atoms with E-state index in [9.17, 15) is 4.79 Å². The number of carbonyl (C=O) groups excluding carboxylic acids is 1. The predicted molar refractivity (Wildman–Crippen MR) is 78.0 cm³/mol. The van der Waals surface area contributed by atoms with Crippen LogP contribution in [0.3, 0.4) is 0 Å². The minimum Gasteiger partial charge on any atom is -0.399 e. The Labute approximate surface area is 114 Å². The lowest BCUT2D eigenvalue weighted by atomic mass is 9.94. The maximum Gasteiger partial charge on any atom is 0.230 e. The van der Waals surface area contributed by atoms with Gasteiger partial charge in [0.2, 0.25) is 5.91 Å². The van der Waals surface area contributed by atoms with Gasteiger partial charge in [0.25, 0.3) is 0 Å². The Balaban J connectivity index is 1.89. The molecule has 1 fully saturated rings. The maximum atomic E-state index is 12.8. The number of anilines is 2. The molecule has 3 heteroatoms. The van der Waals surface area contributed by atoms with Crippen molar-refractivity contribution in [1.82, 2.24) is 0 Å². The number of nitrogens with zero attached hydrogens (tertiary/aromatic N) is 1. The summed E-state index contributed by atoms with van der Waals surface area (Å²) in [6.07, 6.45) is 5.52. The van der Waals surface area contributed by atoms with Crippen LogP contribution in [0.1, 0.15) is 38.2 Å². The molecule has 1 aromatic rings. The number of hydrogen-bond donors (Lipinski definition) is 1. The molecule has 102 valence electrons. The van der Waals surface area contributed by atoms with E-state index in [4.69, 9.17) is 5.73 Å². The van der Waals surface area contributed by atoms with Crippen molar-refractivity contribution in [2.45, 2.75) is 39.0 Å². The highest BCUT2D eigenvalue weighted by Crippen LogP contribution is 2.36. The lowest BCUT2D eigenvalue weighted by Gasteiger charge is -2.32. The predicted octanol–water partition coefficient (Wildman–Crippen LogP) is 2.98. The van der Waals surface area contributed by atoms with E-state index in [-0.39, 0.29) is 5.92 Å². The van der Waals surface area contributed by atoms with Crippen LogP contribution in [-0.4, -0.2) is 12.5 Å². The number of nitrogen functional groups attached to an aromatic ring is 1. The van der Waals surface area contributed by atoms with Crippen LogP contribution in [0.5, 0.6) is 0 Å². The van der Waals surface area contributed by atoms with Crippen LogP contribution in [0.2, 0.25) is 0 Å². The number of carbonyl (C=O) groups is 1. The molecule has 1 aromatic carbocycles. The van der Waals surface area contributed by atoms with E-state index >= 15 is 0 Å². The smallest absolute Gasteiger partial charge is 0.230 e. The van der Waals surface area contributed by atoms with E-state index in [1.807, 2.05) is 23.1 Å². The van der Waals surface area contributed by atoms with Gasteiger partial charge in [-0.05, 0) is 55.4 Å². The second-order valence-electron chi connectivity index (χ2n) is 6.00. The first kappa shape index (κ1) is 12.5. The molecule has 2 unspecified atom stereocenters. The van der Waals surface area contributed by atoms with Crippen LogP contribution in [-0.2, 0) is 11.2 Å². The van der Waals surface area contributed by atoms with E-state index in [1.165, 1.54) is 18.4 Å². The normalized spacial score (nSPS) is 26.3. The molecule has 3 rings (SSSR count). The van der Waals surface area contributed by atoms with Gasteiger partial charge >= 0.3 is 0 Å². The molecule has 0 radical (unpaired) electrons. The summed E-state index contributed by atoms with van der Waals surface area (Å²) in [6.45, 7) is 3.07. The molecule has 19 heavy (non-hydrogen) atoms. The van der Waals surface area contributed by atoms with Crippen molar-refractivity contribution in [1.29, 1.82) is 0 Å². The van der Waals surface area contributed by atoms with Gasteiger partial charge in [-0.3, -0.25) is 4.79 Å². The van der Waals surface area contributed by atoms with Gasteiger partial charge in [0.15, 0.2) is 0 Å². The SMILES string of the molecule is CC1CCCC1C(=O)N1CCCc2cc(N)ccc21. The van der Waals surface area contributed by atoms with Crippen LogP contribution in [0.25, 0.3) is 0 Å². The Morgan fingerprint density at radius 1 is 1.32 bits per heavy atom. The molecule has 0 spiro atoms. The van der Waals surface area contributed by atoms with E-state index in [1.54, 1.807) is 0 Å². The number of amides is 1. The zero-order valence-corrected chi connectivity index (χ0v) is 11.6. The zero-order valence-electron chi connectivity index (χ0n) is 11.6. The van der Waals surface area contributed by atoms with Gasteiger partial charge in [-0.25, -0.2) is 0 Å². The lowest BCUT2D eigenvalue weighted by Crippen LogP contribution is -2.40. The first-order chi connectivity index (χ1) is 9.16. The quantitative estimate of drug-likeness (QED) is 0.787.